The average Bonchev–Trinajstić information content (AvgIpc) is 2.09. The monoisotopic (exact) mass is 198 g/mol. The number of carbonyl (C=O) groups excluding carboxylic acids is 1. The van der Waals surface area contributed by atoms with Gasteiger partial charge in [0.05, 0.1) is 10.7 Å². The van der Waals surface area contributed by atoms with Crippen molar-refractivity contribution in [2.24, 2.45) is 0 Å². The predicted molar refractivity (Wildman–Crippen MR) is 54.8 cm³/mol. The van der Waals surface area contributed by atoms with E-state index >= 15 is 0 Å². The summed E-state index contributed by atoms with van der Waals surface area (Å²) >= 11 is 5.84. The van der Waals surface area contributed by atoms with Gasteiger partial charge in [-0.1, -0.05) is 18.5 Å². The van der Waals surface area contributed by atoms with E-state index < -0.39 is 0 Å². The first-order valence-electron chi connectivity index (χ1n) is 3.98. The van der Waals surface area contributed by atoms with E-state index in [0.29, 0.717) is 22.8 Å². The van der Waals surface area contributed by atoms with Crippen molar-refractivity contribution < 1.29 is 4.79 Å². The largest absolute Gasteiger partial charge is 0.399 e. The molecule has 13 heavy (non-hydrogen) atoms. The van der Waals surface area contributed by atoms with Gasteiger partial charge in [0.15, 0.2) is 0 Å². The quantitative estimate of drug-likeness (QED) is 0.717. The molecule has 0 spiro atoms. The molecule has 0 unspecified atom stereocenters. The van der Waals surface area contributed by atoms with Crippen LogP contribution < -0.4 is 11.1 Å². The molecule has 3 nitrogen and oxygen atoms in total. The second-order valence-electron chi connectivity index (χ2n) is 2.64. The molecule has 0 atom stereocenters. The lowest BCUT2D eigenvalue weighted by atomic mass is 10.3. The second-order valence-corrected chi connectivity index (χ2v) is 3.05. The molecule has 1 aromatic rings. The van der Waals surface area contributed by atoms with Crippen LogP contribution in [0.15, 0.2) is 18.2 Å². The molecule has 0 aliphatic carbocycles. The van der Waals surface area contributed by atoms with E-state index in [9.17, 15) is 4.79 Å². The molecule has 0 heterocycles. The first-order valence-corrected chi connectivity index (χ1v) is 4.36. The minimum atomic E-state index is -0.0633. The molecule has 3 N–H and O–H groups in total. The fourth-order valence-electron chi connectivity index (χ4n) is 0.871. The Kier molecular flexibility index (Phi) is 3.14. The number of nitrogens with two attached hydrogens (primary N) is 1. The van der Waals surface area contributed by atoms with E-state index in [1.807, 2.05) is 0 Å². The van der Waals surface area contributed by atoms with Gasteiger partial charge in [0.1, 0.15) is 0 Å². The van der Waals surface area contributed by atoms with Crippen LogP contribution in [0.5, 0.6) is 0 Å². The third-order valence-corrected chi connectivity index (χ3v) is 1.90. The number of carbonyl (C=O) groups is 1. The SMILES string of the molecule is CCC(=O)Nc1ccc(N)cc1Cl. The highest BCUT2D eigenvalue weighted by Crippen LogP contribution is 2.23. The molecule has 0 aromatic heterocycles. The van der Waals surface area contributed by atoms with Crippen LogP contribution in [0.3, 0.4) is 0 Å². The molecule has 1 amide bonds. The van der Waals surface area contributed by atoms with Crippen LogP contribution in [0.2, 0.25) is 5.02 Å². The van der Waals surface area contributed by atoms with Gasteiger partial charge in [-0.3, -0.25) is 4.79 Å². The normalized spacial score (nSPS) is 9.69. The number of anilines is 2. The number of hydrogen-bond acceptors (Lipinski definition) is 2. The number of halogens is 1. The van der Waals surface area contributed by atoms with Crippen molar-refractivity contribution in [2.75, 3.05) is 11.1 Å². The van der Waals surface area contributed by atoms with Crippen molar-refractivity contribution in [1.29, 1.82) is 0 Å². The van der Waals surface area contributed by atoms with Crippen molar-refractivity contribution in [3.8, 4) is 0 Å². The van der Waals surface area contributed by atoms with Gasteiger partial charge in [0, 0.05) is 12.1 Å². The van der Waals surface area contributed by atoms with Crippen molar-refractivity contribution in [3.05, 3.63) is 23.2 Å². The number of nitrogens with one attached hydrogen (secondary N) is 1. The standard InChI is InChI=1S/C9H11ClN2O/c1-2-9(13)12-8-4-3-6(11)5-7(8)10/h3-5H,2,11H2,1H3,(H,12,13). The summed E-state index contributed by atoms with van der Waals surface area (Å²) in [5.41, 5.74) is 6.68. The van der Waals surface area contributed by atoms with E-state index in [0.717, 1.165) is 0 Å². The third kappa shape index (κ3) is 2.63. The van der Waals surface area contributed by atoms with Gasteiger partial charge in [-0.2, -0.15) is 0 Å². The Balaban J connectivity index is 2.83. The lowest BCUT2D eigenvalue weighted by Gasteiger charge is -2.05. The Morgan fingerprint density at radius 1 is 1.62 bits per heavy atom. The highest BCUT2D eigenvalue weighted by atomic mass is 35.5. The van der Waals surface area contributed by atoms with Crippen LogP contribution in [0.25, 0.3) is 0 Å². The van der Waals surface area contributed by atoms with Gasteiger partial charge in [-0.25, -0.2) is 0 Å². The predicted octanol–water partition coefficient (Wildman–Crippen LogP) is 2.27. The minimum Gasteiger partial charge on any atom is -0.399 e. The number of amides is 1. The van der Waals surface area contributed by atoms with Crippen molar-refractivity contribution >= 4 is 28.9 Å². The molecular formula is C9H11ClN2O. The van der Waals surface area contributed by atoms with Crippen molar-refractivity contribution in [2.45, 2.75) is 13.3 Å². The molecule has 1 aromatic carbocycles. The Morgan fingerprint density at radius 2 is 2.31 bits per heavy atom. The maximum atomic E-state index is 11.0. The third-order valence-electron chi connectivity index (χ3n) is 1.59. The van der Waals surface area contributed by atoms with Crippen LogP contribution in [0, 0.1) is 0 Å². The van der Waals surface area contributed by atoms with Crippen LogP contribution in [-0.2, 0) is 4.79 Å². The molecule has 4 heteroatoms. The zero-order valence-electron chi connectivity index (χ0n) is 7.30. The van der Waals surface area contributed by atoms with Gasteiger partial charge < -0.3 is 11.1 Å². The van der Waals surface area contributed by atoms with Gasteiger partial charge in [0.25, 0.3) is 0 Å². The highest BCUT2D eigenvalue weighted by molar-refractivity contribution is 6.34. The zero-order valence-corrected chi connectivity index (χ0v) is 8.06. The Morgan fingerprint density at radius 3 is 2.85 bits per heavy atom. The summed E-state index contributed by atoms with van der Waals surface area (Å²) in [7, 11) is 0. The second kappa shape index (κ2) is 4.14. The maximum Gasteiger partial charge on any atom is 0.224 e. The van der Waals surface area contributed by atoms with E-state index in [1.165, 1.54) is 0 Å². The maximum absolute atomic E-state index is 11.0. The number of nitrogen functional groups attached to an aromatic ring is 1. The molecule has 0 saturated heterocycles. The molecule has 0 bridgehead atoms. The van der Waals surface area contributed by atoms with Crippen LogP contribution >= 0.6 is 11.6 Å². The topological polar surface area (TPSA) is 55.1 Å². The van der Waals surface area contributed by atoms with Gasteiger partial charge in [-0.15, -0.1) is 0 Å². The molecule has 0 fully saturated rings. The Bertz CT molecular complexity index is 325. The number of rotatable bonds is 2. The van der Waals surface area contributed by atoms with E-state index in [-0.39, 0.29) is 5.91 Å². The first-order chi connectivity index (χ1) is 6.13. The molecule has 1 rings (SSSR count). The fourth-order valence-corrected chi connectivity index (χ4v) is 1.11. The zero-order chi connectivity index (χ0) is 9.84. The van der Waals surface area contributed by atoms with Gasteiger partial charge in [-0.05, 0) is 18.2 Å². The lowest BCUT2D eigenvalue weighted by Crippen LogP contribution is -2.09. The van der Waals surface area contributed by atoms with E-state index in [1.54, 1.807) is 25.1 Å². The summed E-state index contributed by atoms with van der Waals surface area (Å²) in [6.45, 7) is 1.78. The summed E-state index contributed by atoms with van der Waals surface area (Å²) in [4.78, 5) is 11.0. The average molecular weight is 199 g/mol. The summed E-state index contributed by atoms with van der Waals surface area (Å²) in [5, 5.41) is 3.12. The molecular weight excluding hydrogens is 188 g/mol. The van der Waals surface area contributed by atoms with Gasteiger partial charge >= 0.3 is 0 Å². The smallest absolute Gasteiger partial charge is 0.224 e. The summed E-state index contributed by atoms with van der Waals surface area (Å²) in [6.07, 6.45) is 0.431. The summed E-state index contributed by atoms with van der Waals surface area (Å²) in [6, 6.07) is 4.98. The molecule has 0 radical (unpaired) electrons. The Labute approximate surface area is 81.9 Å². The first kappa shape index (κ1) is 9.86. The van der Waals surface area contributed by atoms with E-state index in [4.69, 9.17) is 17.3 Å². The lowest BCUT2D eigenvalue weighted by molar-refractivity contribution is -0.115. The highest BCUT2D eigenvalue weighted by Gasteiger charge is 2.03. The summed E-state index contributed by atoms with van der Waals surface area (Å²) < 4.78 is 0. The van der Waals surface area contributed by atoms with E-state index in [2.05, 4.69) is 5.32 Å². The molecule has 0 saturated carbocycles. The van der Waals surface area contributed by atoms with Crippen LogP contribution in [0.1, 0.15) is 13.3 Å². The van der Waals surface area contributed by atoms with Crippen LogP contribution in [-0.4, -0.2) is 5.91 Å². The fraction of sp³-hybridized carbons (Fsp3) is 0.222. The van der Waals surface area contributed by atoms with Crippen molar-refractivity contribution in [1.82, 2.24) is 0 Å². The van der Waals surface area contributed by atoms with Gasteiger partial charge in [0.2, 0.25) is 5.91 Å². The molecule has 0 aliphatic rings. The molecule has 70 valence electrons. The summed E-state index contributed by atoms with van der Waals surface area (Å²) in [5.74, 6) is -0.0633. The Hall–Kier alpha value is -1.22. The number of benzene rings is 1. The number of hydrogen-bond donors (Lipinski definition) is 2. The molecule has 0 aliphatic heterocycles. The van der Waals surface area contributed by atoms with Crippen molar-refractivity contribution in [3.63, 3.8) is 0 Å². The van der Waals surface area contributed by atoms with Crippen LogP contribution in [0.4, 0.5) is 11.4 Å². The minimum absolute atomic E-state index is 0.0633.